The average molecular weight is 523 g/mol. The van der Waals surface area contributed by atoms with Crippen LogP contribution in [0.25, 0.3) is 0 Å². The van der Waals surface area contributed by atoms with Crippen LogP contribution in [0.15, 0.2) is 51.1 Å². The third-order valence-corrected chi connectivity index (χ3v) is 5.83. The first-order valence-corrected chi connectivity index (χ1v) is 11.2. The monoisotopic (exact) mass is 522 g/mol. The fourth-order valence-electron chi connectivity index (χ4n) is 2.75. The Hall–Kier alpha value is -2.92. The van der Waals surface area contributed by atoms with Crippen LogP contribution in [0.2, 0.25) is 0 Å². The Morgan fingerprint density at radius 2 is 2.09 bits per heavy atom. The third kappa shape index (κ3) is 6.30. The van der Waals surface area contributed by atoms with Crippen LogP contribution in [0.5, 0.6) is 11.5 Å². The molecule has 1 aliphatic rings. The molecule has 1 fully saturated rings. The molecule has 0 unspecified atom stereocenters. The summed E-state index contributed by atoms with van der Waals surface area (Å²) in [4.78, 5) is 24.3. The number of halogens is 2. The van der Waals surface area contributed by atoms with Gasteiger partial charge in [-0.15, -0.1) is 5.10 Å². The second-order valence-electron chi connectivity index (χ2n) is 6.47. The van der Waals surface area contributed by atoms with Crippen LogP contribution in [-0.2, 0) is 9.59 Å². The minimum absolute atomic E-state index is 0.0559. The molecule has 0 aromatic heterocycles. The first-order valence-electron chi connectivity index (χ1n) is 9.54. The van der Waals surface area contributed by atoms with Crippen molar-refractivity contribution in [2.75, 3.05) is 19.0 Å². The number of rotatable bonds is 8. The fourth-order valence-corrected chi connectivity index (χ4v) is 4.25. The maximum atomic E-state index is 13.0. The molecule has 2 N–H and O–H groups in total. The third-order valence-electron chi connectivity index (χ3n) is 4.17. The van der Waals surface area contributed by atoms with E-state index in [9.17, 15) is 14.0 Å². The van der Waals surface area contributed by atoms with Gasteiger partial charge in [0.2, 0.25) is 11.8 Å². The molecule has 3 rings (SSSR count). The number of carbonyl (C=O) groups excluding carboxylic acids is 2. The maximum Gasteiger partial charge on any atom is 0.240 e. The second-order valence-corrected chi connectivity index (χ2v) is 8.52. The number of nitrogens with zero attached hydrogens (tertiary/aromatic N) is 2. The summed E-state index contributed by atoms with van der Waals surface area (Å²) in [7, 11) is 1.54. The summed E-state index contributed by atoms with van der Waals surface area (Å²) in [6, 6.07) is 8.94. The molecular weight excluding hydrogens is 503 g/mol. The van der Waals surface area contributed by atoms with Crippen molar-refractivity contribution >= 4 is 56.6 Å². The van der Waals surface area contributed by atoms with E-state index in [-0.39, 0.29) is 18.2 Å². The summed E-state index contributed by atoms with van der Waals surface area (Å²) in [5.41, 5.74) is 1.17. The number of amidine groups is 1. The van der Waals surface area contributed by atoms with Crippen molar-refractivity contribution < 1.29 is 23.5 Å². The van der Waals surface area contributed by atoms with Crippen LogP contribution >= 0.6 is 27.7 Å². The highest BCUT2D eigenvalue weighted by atomic mass is 79.9. The molecule has 2 aromatic rings. The maximum absolute atomic E-state index is 13.0. The zero-order chi connectivity index (χ0) is 23.1. The lowest BCUT2D eigenvalue weighted by Gasteiger charge is -2.11. The van der Waals surface area contributed by atoms with Gasteiger partial charge in [-0.2, -0.15) is 5.10 Å². The summed E-state index contributed by atoms with van der Waals surface area (Å²) in [6.45, 7) is 2.38. The van der Waals surface area contributed by atoms with Gasteiger partial charge in [0.25, 0.3) is 0 Å². The first-order chi connectivity index (χ1) is 15.4. The zero-order valence-corrected chi connectivity index (χ0v) is 19.6. The summed E-state index contributed by atoms with van der Waals surface area (Å²) in [5.74, 6) is 0.0557. The molecule has 0 aliphatic carbocycles. The first kappa shape index (κ1) is 23.7. The summed E-state index contributed by atoms with van der Waals surface area (Å²) in [6.07, 6.45) is 1.46. The minimum atomic E-state index is -0.635. The van der Waals surface area contributed by atoms with Crippen molar-refractivity contribution in [1.29, 1.82) is 0 Å². The quantitative estimate of drug-likeness (QED) is 0.403. The SMILES string of the molecule is CCOc1c(Br)cc(/C=N\N=C2/NC(=O)[C@H](CC(=O)Nc3ccc(F)cc3)S2)cc1OC. The van der Waals surface area contributed by atoms with Gasteiger partial charge >= 0.3 is 0 Å². The van der Waals surface area contributed by atoms with E-state index in [2.05, 4.69) is 36.8 Å². The Labute approximate surface area is 196 Å². The second kappa shape index (κ2) is 11.1. The van der Waals surface area contributed by atoms with Crippen LogP contribution in [-0.4, -0.2) is 42.2 Å². The van der Waals surface area contributed by atoms with E-state index in [0.717, 1.165) is 11.8 Å². The van der Waals surface area contributed by atoms with Gasteiger partial charge in [0.1, 0.15) is 11.1 Å². The smallest absolute Gasteiger partial charge is 0.240 e. The van der Waals surface area contributed by atoms with Gasteiger partial charge in [0.15, 0.2) is 16.7 Å². The Morgan fingerprint density at radius 3 is 2.78 bits per heavy atom. The van der Waals surface area contributed by atoms with Gasteiger partial charge in [0, 0.05) is 12.1 Å². The molecule has 1 aliphatic heterocycles. The average Bonchev–Trinajstić information content (AvgIpc) is 3.10. The molecule has 0 saturated carbocycles. The normalized spacial score (nSPS) is 16.9. The molecule has 0 bridgehead atoms. The van der Waals surface area contributed by atoms with E-state index in [0.29, 0.717) is 39.0 Å². The van der Waals surface area contributed by atoms with E-state index in [4.69, 9.17) is 9.47 Å². The van der Waals surface area contributed by atoms with Crippen molar-refractivity contribution in [3.8, 4) is 11.5 Å². The molecule has 32 heavy (non-hydrogen) atoms. The Morgan fingerprint density at radius 1 is 1.34 bits per heavy atom. The van der Waals surface area contributed by atoms with Gasteiger partial charge in [-0.25, -0.2) is 4.39 Å². The molecule has 0 radical (unpaired) electrons. The van der Waals surface area contributed by atoms with Gasteiger partial charge in [0.05, 0.1) is 24.4 Å². The largest absolute Gasteiger partial charge is 0.493 e. The molecule has 11 heteroatoms. The highest BCUT2D eigenvalue weighted by molar-refractivity contribution is 9.10. The molecule has 1 heterocycles. The van der Waals surface area contributed by atoms with Crippen molar-refractivity contribution in [3.63, 3.8) is 0 Å². The molecule has 1 saturated heterocycles. The Kier molecular flexibility index (Phi) is 8.23. The summed E-state index contributed by atoms with van der Waals surface area (Å²) in [5, 5.41) is 12.9. The van der Waals surface area contributed by atoms with Crippen LogP contribution < -0.4 is 20.1 Å². The van der Waals surface area contributed by atoms with Gasteiger partial charge < -0.3 is 20.1 Å². The standard InChI is InChI=1S/C21H20BrFN4O4S/c1-3-31-19-15(22)8-12(9-16(19)30-2)11-24-27-21-26-20(29)17(32-21)10-18(28)25-14-6-4-13(23)5-7-14/h4-9,11,17H,3,10H2,1-2H3,(H,25,28)(H,26,27,29)/b24-11-/t17-/m0/s1. The van der Waals surface area contributed by atoms with E-state index >= 15 is 0 Å². The van der Waals surface area contributed by atoms with E-state index in [1.54, 1.807) is 19.2 Å². The topological polar surface area (TPSA) is 101 Å². The predicted molar refractivity (Wildman–Crippen MR) is 126 cm³/mol. The van der Waals surface area contributed by atoms with Gasteiger partial charge in [-0.3, -0.25) is 9.59 Å². The lowest BCUT2D eigenvalue weighted by atomic mass is 10.2. The zero-order valence-electron chi connectivity index (χ0n) is 17.2. The number of thioether (sulfide) groups is 1. The van der Waals surface area contributed by atoms with Crippen LogP contribution in [0.3, 0.4) is 0 Å². The molecular formula is C21H20BrFN4O4S. The number of hydrogen-bond donors (Lipinski definition) is 2. The van der Waals surface area contributed by atoms with Crippen LogP contribution in [0.1, 0.15) is 18.9 Å². The highest BCUT2D eigenvalue weighted by Crippen LogP contribution is 2.36. The molecule has 168 valence electrons. The van der Waals surface area contributed by atoms with E-state index < -0.39 is 11.1 Å². The Bertz CT molecular complexity index is 1060. The minimum Gasteiger partial charge on any atom is -0.493 e. The van der Waals surface area contributed by atoms with E-state index in [1.807, 2.05) is 6.92 Å². The van der Waals surface area contributed by atoms with Crippen molar-refractivity contribution in [2.45, 2.75) is 18.6 Å². The van der Waals surface area contributed by atoms with Gasteiger partial charge in [-0.1, -0.05) is 11.8 Å². The summed E-state index contributed by atoms with van der Waals surface area (Å²) >= 11 is 4.56. The van der Waals surface area contributed by atoms with Crippen LogP contribution in [0.4, 0.5) is 10.1 Å². The Balaban J connectivity index is 1.60. The highest BCUT2D eigenvalue weighted by Gasteiger charge is 2.32. The number of methoxy groups -OCH3 is 1. The molecule has 0 spiro atoms. The number of benzene rings is 2. The number of amides is 2. The van der Waals surface area contributed by atoms with E-state index in [1.165, 1.54) is 30.5 Å². The number of ether oxygens (including phenoxy) is 2. The fraction of sp³-hybridized carbons (Fsp3) is 0.238. The number of anilines is 1. The van der Waals surface area contributed by atoms with Crippen molar-refractivity contribution in [1.82, 2.24) is 5.32 Å². The molecule has 2 aromatic carbocycles. The molecule has 8 nitrogen and oxygen atoms in total. The number of carbonyl (C=O) groups is 2. The van der Waals surface area contributed by atoms with Crippen LogP contribution in [0, 0.1) is 5.82 Å². The van der Waals surface area contributed by atoms with Crippen molar-refractivity contribution in [3.05, 3.63) is 52.3 Å². The van der Waals surface area contributed by atoms with Crippen molar-refractivity contribution in [2.24, 2.45) is 10.2 Å². The number of hydrogen-bond acceptors (Lipinski definition) is 7. The number of nitrogens with one attached hydrogen (secondary N) is 2. The summed E-state index contributed by atoms with van der Waals surface area (Å²) < 4.78 is 24.6. The molecule has 2 amide bonds. The van der Waals surface area contributed by atoms with Gasteiger partial charge in [-0.05, 0) is 64.8 Å². The predicted octanol–water partition coefficient (Wildman–Crippen LogP) is 3.95. The lowest BCUT2D eigenvalue weighted by Crippen LogP contribution is -2.28. The molecule has 1 atom stereocenters. The lowest BCUT2D eigenvalue weighted by molar-refractivity contribution is -0.122.